The third-order valence-electron chi connectivity index (χ3n) is 7.48. The fraction of sp³-hybridized carbons (Fsp3) is 0.552. The average Bonchev–Trinajstić information content (AvgIpc) is 2.96. The van der Waals surface area contributed by atoms with E-state index in [4.69, 9.17) is 19.2 Å². The molecule has 2 aliphatic rings. The Bertz CT molecular complexity index is 1090. The Morgan fingerprint density at radius 2 is 2.03 bits per heavy atom. The van der Waals surface area contributed by atoms with Gasteiger partial charge in [-0.05, 0) is 74.3 Å². The summed E-state index contributed by atoms with van der Waals surface area (Å²) in [5, 5.41) is 15.9. The van der Waals surface area contributed by atoms with Gasteiger partial charge < -0.3 is 30.0 Å². The minimum Gasteiger partial charge on any atom is -0.497 e. The first-order valence-corrected chi connectivity index (χ1v) is 13.6. The monoisotopic (exact) mass is 525 g/mol. The van der Waals surface area contributed by atoms with Gasteiger partial charge in [0.2, 0.25) is 5.91 Å². The largest absolute Gasteiger partial charge is 0.497 e. The first kappa shape index (κ1) is 27.9. The molecule has 3 N–H and O–H groups in total. The maximum absolute atomic E-state index is 13.5. The highest BCUT2D eigenvalue weighted by Crippen LogP contribution is 2.37. The molecule has 1 saturated heterocycles. The number of ether oxygens (including phenoxy) is 3. The molecule has 206 valence electrons. The maximum Gasteiger partial charge on any atom is 0.326 e. The molecule has 3 heterocycles. The number of fused-ring (bicyclic) bond motifs is 1. The fourth-order valence-electron chi connectivity index (χ4n) is 5.16. The minimum absolute atomic E-state index is 0.198. The van der Waals surface area contributed by atoms with E-state index in [0.717, 1.165) is 55.7 Å². The lowest BCUT2D eigenvalue weighted by Gasteiger charge is -2.37. The van der Waals surface area contributed by atoms with Crippen LogP contribution in [0, 0.1) is 0 Å². The van der Waals surface area contributed by atoms with E-state index in [2.05, 4.69) is 22.8 Å². The van der Waals surface area contributed by atoms with Crippen molar-refractivity contribution in [2.24, 2.45) is 0 Å². The molecular weight excluding hydrogens is 486 g/mol. The van der Waals surface area contributed by atoms with E-state index in [1.165, 1.54) is 5.56 Å². The molecule has 2 aromatic rings. The standard InChI is InChI=1S/C29H39N3O6/c1-36-24-9-4-7-22(20-24)29(13-18-38-19-14-29)28(35)32-25(27(33)34)12-17-37-16-3-2-8-23-11-10-21-6-5-15-30-26(21)31-23/h4,7,9-11,20,25H,2-3,5-6,8,12-19H2,1H3,(H,30,31)(H,32,35)(H,33,34). The minimum atomic E-state index is -1.07. The van der Waals surface area contributed by atoms with E-state index >= 15 is 0 Å². The molecule has 1 unspecified atom stereocenters. The number of hydrogen-bond donors (Lipinski definition) is 3. The van der Waals surface area contributed by atoms with Crippen LogP contribution >= 0.6 is 0 Å². The van der Waals surface area contributed by atoms with Gasteiger partial charge in [-0.3, -0.25) is 4.79 Å². The third-order valence-corrected chi connectivity index (χ3v) is 7.48. The number of aryl methyl sites for hydroxylation is 2. The van der Waals surface area contributed by atoms with Crippen LogP contribution in [-0.4, -0.2) is 68.1 Å². The number of nitrogens with one attached hydrogen (secondary N) is 2. The number of methoxy groups -OCH3 is 1. The topological polar surface area (TPSA) is 119 Å². The molecule has 0 bridgehead atoms. The maximum atomic E-state index is 13.5. The zero-order valence-electron chi connectivity index (χ0n) is 22.2. The summed E-state index contributed by atoms with van der Waals surface area (Å²) in [6, 6.07) is 10.7. The second kappa shape index (κ2) is 13.6. The summed E-state index contributed by atoms with van der Waals surface area (Å²) in [6.45, 7) is 2.64. The van der Waals surface area contributed by atoms with E-state index in [1.54, 1.807) is 7.11 Å². The number of carboxylic acid groups (broad SMARTS) is 1. The highest BCUT2D eigenvalue weighted by atomic mass is 16.5. The van der Waals surface area contributed by atoms with Crippen LogP contribution in [0.25, 0.3) is 0 Å². The Hall–Kier alpha value is -3.17. The van der Waals surface area contributed by atoms with Gasteiger partial charge in [-0.2, -0.15) is 0 Å². The molecule has 38 heavy (non-hydrogen) atoms. The first-order valence-electron chi connectivity index (χ1n) is 13.6. The third kappa shape index (κ3) is 7.02. The van der Waals surface area contributed by atoms with Crippen molar-refractivity contribution < 1.29 is 28.9 Å². The van der Waals surface area contributed by atoms with Crippen molar-refractivity contribution in [3.05, 3.63) is 53.2 Å². The van der Waals surface area contributed by atoms with Crippen molar-refractivity contribution >= 4 is 17.7 Å². The van der Waals surface area contributed by atoms with Crippen molar-refractivity contribution in [1.29, 1.82) is 0 Å². The van der Waals surface area contributed by atoms with Crippen LogP contribution in [-0.2, 0) is 37.3 Å². The van der Waals surface area contributed by atoms with Crippen LogP contribution in [0.3, 0.4) is 0 Å². The van der Waals surface area contributed by atoms with E-state index in [-0.39, 0.29) is 18.9 Å². The molecular formula is C29H39N3O6. The number of unbranched alkanes of at least 4 members (excludes halogenated alkanes) is 1. The average molecular weight is 526 g/mol. The molecule has 0 radical (unpaired) electrons. The molecule has 9 nitrogen and oxygen atoms in total. The molecule has 0 saturated carbocycles. The van der Waals surface area contributed by atoms with Gasteiger partial charge in [0.1, 0.15) is 17.6 Å². The summed E-state index contributed by atoms with van der Waals surface area (Å²) < 4.78 is 16.6. The molecule has 0 aliphatic carbocycles. The molecule has 4 rings (SSSR count). The number of aliphatic carboxylic acids is 1. The summed E-state index contributed by atoms with van der Waals surface area (Å²) >= 11 is 0. The van der Waals surface area contributed by atoms with E-state index in [1.807, 2.05) is 24.3 Å². The zero-order valence-corrected chi connectivity index (χ0v) is 22.2. The predicted molar refractivity (Wildman–Crippen MR) is 144 cm³/mol. The van der Waals surface area contributed by atoms with Crippen molar-refractivity contribution in [3.8, 4) is 5.75 Å². The number of hydrogen-bond acceptors (Lipinski definition) is 7. The second-order valence-corrected chi connectivity index (χ2v) is 9.99. The predicted octanol–water partition coefficient (Wildman–Crippen LogP) is 3.50. The molecule has 1 atom stereocenters. The summed E-state index contributed by atoms with van der Waals surface area (Å²) in [5.41, 5.74) is 2.31. The lowest BCUT2D eigenvalue weighted by Crippen LogP contribution is -2.53. The lowest BCUT2D eigenvalue weighted by molar-refractivity contribution is -0.144. The fourth-order valence-corrected chi connectivity index (χ4v) is 5.16. The van der Waals surface area contributed by atoms with E-state index < -0.39 is 17.4 Å². The molecule has 1 aromatic heterocycles. The van der Waals surface area contributed by atoms with Crippen LogP contribution in [0.15, 0.2) is 36.4 Å². The molecule has 1 aromatic carbocycles. The zero-order chi connectivity index (χ0) is 26.8. The molecule has 9 heteroatoms. The molecule has 0 spiro atoms. The van der Waals surface area contributed by atoms with Crippen molar-refractivity contribution in [3.63, 3.8) is 0 Å². The van der Waals surface area contributed by atoms with Crippen molar-refractivity contribution in [2.45, 2.75) is 62.8 Å². The Morgan fingerprint density at radius 1 is 1.18 bits per heavy atom. The summed E-state index contributed by atoms with van der Waals surface area (Å²) in [6.07, 6.45) is 6.05. The number of amides is 1. The van der Waals surface area contributed by atoms with E-state index in [0.29, 0.717) is 38.4 Å². The first-order chi connectivity index (χ1) is 18.5. The number of nitrogens with zero attached hydrogens (tertiary/aromatic N) is 1. The van der Waals surface area contributed by atoms with Crippen molar-refractivity contribution in [1.82, 2.24) is 10.3 Å². The van der Waals surface area contributed by atoms with Gasteiger partial charge in [0.25, 0.3) is 0 Å². The Morgan fingerprint density at radius 3 is 2.82 bits per heavy atom. The summed E-state index contributed by atoms with van der Waals surface area (Å²) in [5.74, 6) is 0.305. The van der Waals surface area contributed by atoms with E-state index in [9.17, 15) is 14.7 Å². The number of pyridine rings is 1. The van der Waals surface area contributed by atoms with Crippen LogP contribution < -0.4 is 15.4 Å². The number of rotatable bonds is 13. The Balaban J connectivity index is 1.23. The Kier molecular flexibility index (Phi) is 9.95. The van der Waals surface area contributed by atoms with Gasteiger partial charge in [-0.15, -0.1) is 0 Å². The van der Waals surface area contributed by atoms with Gasteiger partial charge in [-0.25, -0.2) is 9.78 Å². The normalized spacial score (nSPS) is 17.1. The van der Waals surface area contributed by atoms with Crippen LogP contribution in [0.1, 0.15) is 55.3 Å². The quantitative estimate of drug-likeness (QED) is 0.340. The number of carboxylic acids is 1. The summed E-state index contributed by atoms with van der Waals surface area (Å²) in [7, 11) is 1.58. The second-order valence-electron chi connectivity index (χ2n) is 9.99. The van der Waals surface area contributed by atoms with Crippen LogP contribution in [0.4, 0.5) is 5.82 Å². The van der Waals surface area contributed by atoms with Gasteiger partial charge >= 0.3 is 5.97 Å². The smallest absolute Gasteiger partial charge is 0.326 e. The summed E-state index contributed by atoms with van der Waals surface area (Å²) in [4.78, 5) is 30.2. The number of carbonyl (C=O) groups is 2. The number of aromatic nitrogens is 1. The van der Waals surface area contributed by atoms with Gasteiger partial charge in [-0.1, -0.05) is 18.2 Å². The highest BCUT2D eigenvalue weighted by molar-refractivity contribution is 5.91. The van der Waals surface area contributed by atoms with Crippen molar-refractivity contribution in [2.75, 3.05) is 45.4 Å². The van der Waals surface area contributed by atoms with Crippen LogP contribution in [0.5, 0.6) is 5.75 Å². The number of carbonyl (C=O) groups excluding carboxylic acids is 1. The van der Waals surface area contributed by atoms with Gasteiger partial charge in [0.05, 0.1) is 12.5 Å². The van der Waals surface area contributed by atoms with Crippen LogP contribution in [0.2, 0.25) is 0 Å². The van der Waals surface area contributed by atoms with Gasteiger partial charge in [0, 0.05) is 45.1 Å². The molecule has 1 amide bonds. The van der Waals surface area contributed by atoms with Gasteiger partial charge in [0.15, 0.2) is 0 Å². The number of anilines is 1. The number of benzene rings is 1. The Labute approximate surface area is 224 Å². The lowest BCUT2D eigenvalue weighted by atomic mass is 9.73. The SMILES string of the molecule is COc1cccc(C2(C(=O)NC(CCOCCCCc3ccc4c(n3)NCCC4)C(=O)O)CCOCC2)c1. The molecule has 1 fully saturated rings. The highest BCUT2D eigenvalue weighted by Gasteiger charge is 2.43. The molecule has 2 aliphatic heterocycles.